The first-order valence-electron chi connectivity index (χ1n) is 5.45. The Morgan fingerprint density at radius 3 is 2.50 bits per heavy atom. The van der Waals surface area contributed by atoms with E-state index < -0.39 is 0 Å². The molecule has 2 bridgehead atoms. The van der Waals surface area contributed by atoms with Crippen LogP contribution in [0.15, 0.2) is 30.3 Å². The summed E-state index contributed by atoms with van der Waals surface area (Å²) in [7, 11) is 0. The van der Waals surface area contributed by atoms with Crippen LogP contribution in [0, 0.1) is 11.8 Å². The molecule has 0 saturated heterocycles. The Morgan fingerprint density at radius 2 is 1.86 bits per heavy atom. The minimum absolute atomic E-state index is 0.231. The monoisotopic (exact) mass is 186 g/mol. The summed E-state index contributed by atoms with van der Waals surface area (Å²) in [5, 5.41) is 0. The number of hydrogen-bond donors (Lipinski definition) is 0. The van der Waals surface area contributed by atoms with Crippen molar-refractivity contribution < 1.29 is 4.79 Å². The van der Waals surface area contributed by atoms with Gasteiger partial charge in [0, 0.05) is 11.8 Å². The van der Waals surface area contributed by atoms with Gasteiger partial charge in [0.05, 0.1) is 0 Å². The molecule has 2 fully saturated rings. The summed E-state index contributed by atoms with van der Waals surface area (Å²) in [5.41, 5.74) is 1.24. The number of Topliss-reactive ketones (excluding diaryl/α,β-unsaturated/α-hetero) is 1. The molecule has 0 radical (unpaired) electrons. The van der Waals surface area contributed by atoms with E-state index in [9.17, 15) is 4.79 Å². The lowest BCUT2D eigenvalue weighted by atomic mass is 9.82. The molecular weight excluding hydrogens is 172 g/mol. The number of ketones is 1. The molecule has 0 aliphatic heterocycles. The van der Waals surface area contributed by atoms with Crippen LogP contribution in [-0.2, 0) is 4.79 Å². The van der Waals surface area contributed by atoms with Gasteiger partial charge in [0.25, 0.3) is 0 Å². The standard InChI is InChI=1S/C13H14O/c14-13-11-7-6-10(8-11)12(13)9-4-2-1-3-5-9/h1-5,10-12H,6-8H2/t10-,11+,12?/m0/s1. The fraction of sp³-hybridized carbons (Fsp3) is 0.462. The van der Waals surface area contributed by atoms with E-state index in [1.54, 1.807) is 0 Å². The number of rotatable bonds is 1. The highest BCUT2D eigenvalue weighted by atomic mass is 16.1. The number of fused-ring (bicyclic) bond motifs is 2. The van der Waals surface area contributed by atoms with E-state index in [1.807, 2.05) is 18.2 Å². The van der Waals surface area contributed by atoms with Gasteiger partial charge in [-0.25, -0.2) is 0 Å². The predicted octanol–water partition coefficient (Wildman–Crippen LogP) is 2.77. The second kappa shape index (κ2) is 2.94. The van der Waals surface area contributed by atoms with Crippen LogP contribution in [0.1, 0.15) is 30.7 Å². The lowest BCUT2D eigenvalue weighted by Crippen LogP contribution is -2.19. The molecule has 0 amide bonds. The van der Waals surface area contributed by atoms with Gasteiger partial charge in [0.1, 0.15) is 5.78 Å². The Hall–Kier alpha value is -1.11. The lowest BCUT2D eigenvalue weighted by molar-refractivity contribution is -0.123. The molecule has 2 saturated carbocycles. The third kappa shape index (κ3) is 1.05. The Bertz CT molecular complexity index is 355. The Kier molecular flexibility index (Phi) is 1.73. The highest BCUT2D eigenvalue weighted by Crippen LogP contribution is 2.50. The molecule has 0 heterocycles. The van der Waals surface area contributed by atoms with Gasteiger partial charge in [-0.15, -0.1) is 0 Å². The molecule has 3 atom stereocenters. The molecule has 3 rings (SSSR count). The largest absolute Gasteiger partial charge is 0.299 e. The van der Waals surface area contributed by atoms with Crippen LogP contribution in [0.5, 0.6) is 0 Å². The van der Waals surface area contributed by atoms with Crippen molar-refractivity contribution in [2.24, 2.45) is 11.8 Å². The first-order chi connectivity index (χ1) is 6.86. The van der Waals surface area contributed by atoms with E-state index in [0.29, 0.717) is 17.6 Å². The number of hydrogen-bond acceptors (Lipinski definition) is 1. The molecule has 14 heavy (non-hydrogen) atoms. The van der Waals surface area contributed by atoms with E-state index in [4.69, 9.17) is 0 Å². The van der Waals surface area contributed by atoms with Crippen LogP contribution in [-0.4, -0.2) is 5.78 Å². The Balaban J connectivity index is 1.97. The van der Waals surface area contributed by atoms with Crippen molar-refractivity contribution in [3.8, 4) is 0 Å². The first-order valence-corrected chi connectivity index (χ1v) is 5.45. The van der Waals surface area contributed by atoms with Gasteiger partial charge in [-0.3, -0.25) is 4.79 Å². The zero-order valence-corrected chi connectivity index (χ0v) is 8.15. The average molecular weight is 186 g/mol. The molecule has 1 aromatic rings. The Labute approximate surface area is 84.1 Å². The topological polar surface area (TPSA) is 17.1 Å². The van der Waals surface area contributed by atoms with Crippen molar-refractivity contribution in [1.82, 2.24) is 0 Å². The van der Waals surface area contributed by atoms with E-state index >= 15 is 0 Å². The minimum atomic E-state index is 0.231. The third-order valence-corrected chi connectivity index (χ3v) is 3.81. The van der Waals surface area contributed by atoms with Gasteiger partial charge >= 0.3 is 0 Å². The fourth-order valence-electron chi connectivity index (χ4n) is 3.16. The molecule has 1 aromatic carbocycles. The molecule has 1 heteroatoms. The maximum Gasteiger partial charge on any atom is 0.143 e. The van der Waals surface area contributed by atoms with Crippen molar-refractivity contribution in [3.63, 3.8) is 0 Å². The van der Waals surface area contributed by atoms with Crippen LogP contribution < -0.4 is 0 Å². The van der Waals surface area contributed by atoms with E-state index in [0.717, 1.165) is 12.8 Å². The second-order valence-electron chi connectivity index (χ2n) is 4.56. The zero-order chi connectivity index (χ0) is 9.54. The van der Waals surface area contributed by atoms with Gasteiger partial charge < -0.3 is 0 Å². The van der Waals surface area contributed by atoms with Crippen LogP contribution in [0.25, 0.3) is 0 Å². The first kappa shape index (κ1) is 8.22. The summed E-state index contributed by atoms with van der Waals surface area (Å²) in [6.07, 6.45) is 3.56. The SMILES string of the molecule is O=C1C(c2ccccc2)[C@H]2CC[C@@H]1C2. The van der Waals surface area contributed by atoms with Crippen molar-refractivity contribution in [2.75, 3.05) is 0 Å². The smallest absolute Gasteiger partial charge is 0.143 e. The molecule has 1 nitrogen and oxygen atoms in total. The number of benzene rings is 1. The summed E-state index contributed by atoms with van der Waals surface area (Å²) in [5.74, 6) is 1.78. The summed E-state index contributed by atoms with van der Waals surface area (Å²) in [6.45, 7) is 0. The minimum Gasteiger partial charge on any atom is -0.299 e. The maximum atomic E-state index is 12.0. The molecule has 0 spiro atoms. The van der Waals surface area contributed by atoms with Crippen LogP contribution in [0.2, 0.25) is 0 Å². The molecule has 1 unspecified atom stereocenters. The molecule has 2 aliphatic carbocycles. The van der Waals surface area contributed by atoms with Gasteiger partial charge in [0.2, 0.25) is 0 Å². The highest BCUT2D eigenvalue weighted by Gasteiger charge is 2.46. The van der Waals surface area contributed by atoms with Crippen molar-refractivity contribution in [1.29, 1.82) is 0 Å². The molecule has 0 aromatic heterocycles. The molecule has 0 N–H and O–H groups in total. The highest BCUT2D eigenvalue weighted by molar-refractivity contribution is 5.91. The summed E-state index contributed by atoms with van der Waals surface area (Å²) in [6, 6.07) is 10.3. The van der Waals surface area contributed by atoms with Gasteiger partial charge in [-0.1, -0.05) is 30.3 Å². The van der Waals surface area contributed by atoms with Crippen LogP contribution in [0.4, 0.5) is 0 Å². The summed E-state index contributed by atoms with van der Waals surface area (Å²) < 4.78 is 0. The van der Waals surface area contributed by atoms with Crippen molar-refractivity contribution >= 4 is 5.78 Å². The summed E-state index contributed by atoms with van der Waals surface area (Å²) >= 11 is 0. The normalized spacial score (nSPS) is 35.1. The lowest BCUT2D eigenvalue weighted by Gasteiger charge is -2.20. The van der Waals surface area contributed by atoms with Gasteiger partial charge in [0.15, 0.2) is 0 Å². The molecule has 2 aliphatic rings. The quantitative estimate of drug-likeness (QED) is 0.659. The van der Waals surface area contributed by atoms with E-state index in [1.165, 1.54) is 12.0 Å². The number of carbonyl (C=O) groups excluding carboxylic acids is 1. The third-order valence-electron chi connectivity index (χ3n) is 3.81. The number of carbonyl (C=O) groups is 1. The predicted molar refractivity (Wildman–Crippen MR) is 55.0 cm³/mol. The van der Waals surface area contributed by atoms with Crippen molar-refractivity contribution in [2.45, 2.75) is 25.2 Å². The molecular formula is C13H14O. The van der Waals surface area contributed by atoms with E-state index in [-0.39, 0.29) is 5.92 Å². The van der Waals surface area contributed by atoms with Gasteiger partial charge in [-0.2, -0.15) is 0 Å². The zero-order valence-electron chi connectivity index (χ0n) is 8.15. The van der Waals surface area contributed by atoms with Crippen LogP contribution >= 0.6 is 0 Å². The average Bonchev–Trinajstić information content (AvgIpc) is 2.79. The fourth-order valence-corrected chi connectivity index (χ4v) is 3.16. The maximum absolute atomic E-state index is 12.0. The van der Waals surface area contributed by atoms with Crippen molar-refractivity contribution in [3.05, 3.63) is 35.9 Å². The van der Waals surface area contributed by atoms with E-state index in [2.05, 4.69) is 12.1 Å². The second-order valence-corrected chi connectivity index (χ2v) is 4.56. The van der Waals surface area contributed by atoms with Gasteiger partial charge in [-0.05, 0) is 30.7 Å². The Morgan fingerprint density at radius 1 is 1.07 bits per heavy atom. The molecule has 72 valence electrons. The summed E-state index contributed by atoms with van der Waals surface area (Å²) in [4.78, 5) is 12.0. The van der Waals surface area contributed by atoms with Crippen LogP contribution in [0.3, 0.4) is 0 Å².